The molecule has 6 aromatic rings. The van der Waals surface area contributed by atoms with E-state index in [2.05, 4.69) is 19.9 Å². The molecule has 0 amide bonds. The minimum atomic E-state index is -0.0816. The van der Waals surface area contributed by atoms with Crippen LogP contribution in [0.3, 0.4) is 0 Å². The molecule has 0 bridgehead atoms. The summed E-state index contributed by atoms with van der Waals surface area (Å²) in [5, 5.41) is 24.7. The summed E-state index contributed by atoms with van der Waals surface area (Å²) in [6.45, 7) is 1.13. The van der Waals surface area contributed by atoms with Crippen LogP contribution in [0.1, 0.15) is 0 Å². The molecule has 47 heavy (non-hydrogen) atoms. The van der Waals surface area contributed by atoms with Crippen LogP contribution in [-0.4, -0.2) is 47.1 Å². The summed E-state index contributed by atoms with van der Waals surface area (Å²) in [5.41, 5.74) is 1.07. The number of anilines is 2. The minimum absolute atomic E-state index is 0. The fourth-order valence-corrected chi connectivity index (χ4v) is 3.70. The summed E-state index contributed by atoms with van der Waals surface area (Å²) < 4.78 is 0. The topological polar surface area (TPSA) is 104 Å². The largest absolute Gasteiger partial charge is 4.00 e. The predicted octanol–water partition coefficient (Wildman–Crippen LogP) is 7.04. The Morgan fingerprint density at radius 2 is 0.723 bits per heavy atom. The summed E-state index contributed by atoms with van der Waals surface area (Å²) in [4.78, 5) is 18.8. The first-order chi connectivity index (χ1) is 22.4. The van der Waals surface area contributed by atoms with Crippen molar-refractivity contribution in [2.75, 3.05) is 37.0 Å². The van der Waals surface area contributed by atoms with Gasteiger partial charge in [0, 0.05) is 98.2 Å². The monoisotopic (exact) mass is 710 g/mol. The van der Waals surface area contributed by atoms with Crippen molar-refractivity contribution in [2.45, 2.75) is 0 Å². The van der Waals surface area contributed by atoms with Gasteiger partial charge in [-0.05, 0) is 72.8 Å². The van der Waals surface area contributed by atoms with Crippen molar-refractivity contribution in [2.24, 2.45) is 0 Å². The maximum Gasteiger partial charge on any atom is 4.00 e. The maximum atomic E-state index is 11.8. The molecule has 0 spiro atoms. The van der Waals surface area contributed by atoms with Crippen LogP contribution in [0.5, 0.6) is 11.5 Å². The van der Waals surface area contributed by atoms with Crippen LogP contribution in [0.25, 0.3) is 0 Å². The first kappa shape index (κ1) is 40.4. The minimum Gasteiger partial charge on any atom is -0.871 e. The average Bonchev–Trinajstić information content (AvgIpc) is 3.13. The first-order valence-electron chi connectivity index (χ1n) is 14.1. The third kappa shape index (κ3) is 18.8. The van der Waals surface area contributed by atoms with E-state index in [-0.39, 0.29) is 28.6 Å². The van der Waals surface area contributed by atoms with Gasteiger partial charge in [0.25, 0.3) is 0 Å². The number of aromatic nitrogens is 4. The van der Waals surface area contributed by atoms with Gasteiger partial charge in [-0.25, -0.2) is 0 Å². The third-order valence-corrected chi connectivity index (χ3v) is 6.17. The smallest absolute Gasteiger partial charge is 0.871 e. The van der Waals surface area contributed by atoms with Crippen LogP contribution in [0.15, 0.2) is 159 Å². The van der Waals surface area contributed by atoms with E-state index in [1.165, 1.54) is 12.1 Å². The second-order valence-electron chi connectivity index (χ2n) is 9.17. The Labute approximate surface area is 297 Å². The number of likely N-dealkylation sites (N-methyl/N-ethyl adjacent to an activating group) is 2. The van der Waals surface area contributed by atoms with E-state index in [1.54, 1.807) is 73.8 Å². The number of hydrogen-bond acceptors (Lipinski definition) is 8. The Hall–Kier alpha value is -4.66. The Morgan fingerprint density at radius 3 is 0.915 bits per heavy atom. The molecule has 2 aromatic carbocycles. The molecule has 0 aliphatic heterocycles. The molecule has 0 atom stereocenters. The fraction of sp³-hybridized carbons (Fsp3) is 0.111. The Balaban J connectivity index is 0.000000354. The van der Waals surface area contributed by atoms with E-state index >= 15 is 0 Å². The zero-order valence-electron chi connectivity index (χ0n) is 26.0. The predicted molar refractivity (Wildman–Crippen MR) is 185 cm³/mol. The molecule has 242 valence electrons. The zero-order chi connectivity index (χ0) is 33.2. The summed E-state index contributed by atoms with van der Waals surface area (Å²) in [6.07, 6.45) is 14.0. The van der Waals surface area contributed by atoms with Gasteiger partial charge in [0.05, 0.1) is 0 Å². The Bertz CT molecular complexity index is 1290. The normalized spacial score (nSPS) is 9.02. The quantitative estimate of drug-likeness (QED) is 0.176. The van der Waals surface area contributed by atoms with Gasteiger partial charge in [0.2, 0.25) is 0 Å². The molecular formula is C36H36Cl2FeN6O2+2. The molecule has 0 fully saturated rings. The van der Waals surface area contributed by atoms with Crippen molar-refractivity contribution in [3.05, 3.63) is 169 Å². The number of nitrogens with zero attached hydrogens (tertiary/aromatic N) is 6. The number of rotatable bonds is 5. The van der Waals surface area contributed by atoms with Gasteiger partial charge in [-0.15, -0.1) is 0 Å². The SMILES string of the molecule is CN(CCN(C)c1cc(Cl)ccc1[O-])c1cc(Cl)ccc1[O-].[Fe+4].c1ccncc1.c1ccncc1.c1ccncc1.c1ccncc1. The van der Waals surface area contributed by atoms with Gasteiger partial charge in [-0.3, -0.25) is 19.9 Å². The summed E-state index contributed by atoms with van der Waals surface area (Å²) in [6, 6.07) is 32.2. The second kappa shape index (κ2) is 25.5. The molecule has 0 saturated carbocycles. The molecule has 0 saturated heterocycles. The van der Waals surface area contributed by atoms with Crippen molar-refractivity contribution in [1.82, 2.24) is 19.9 Å². The molecule has 11 heteroatoms. The van der Waals surface area contributed by atoms with Gasteiger partial charge >= 0.3 is 17.1 Å². The van der Waals surface area contributed by atoms with E-state index in [4.69, 9.17) is 23.2 Å². The van der Waals surface area contributed by atoms with E-state index < -0.39 is 0 Å². The standard InChI is InChI=1S/C16H18Cl2N2O2.4C5H5N.Fe/c1-19(13-9-11(17)3-5-15(13)21)7-8-20(2)14-10-12(18)4-6-16(14)22;4*1-2-4-6-5-3-1;/h3-6,9-10,21-22H,7-8H2,1-2H3;4*1-5H;/q;;;;;+4/p-2. The van der Waals surface area contributed by atoms with Gasteiger partial charge < -0.3 is 20.0 Å². The molecule has 0 aliphatic carbocycles. The Kier molecular flexibility index (Phi) is 21.9. The van der Waals surface area contributed by atoms with Crippen molar-refractivity contribution >= 4 is 34.6 Å². The van der Waals surface area contributed by atoms with Crippen molar-refractivity contribution < 1.29 is 27.3 Å². The molecule has 0 N–H and O–H groups in total. The summed E-state index contributed by atoms with van der Waals surface area (Å²) in [5.74, 6) is -0.163. The van der Waals surface area contributed by atoms with Crippen molar-refractivity contribution in [1.29, 1.82) is 0 Å². The van der Waals surface area contributed by atoms with Crippen LogP contribution in [-0.2, 0) is 17.1 Å². The van der Waals surface area contributed by atoms with E-state index in [0.717, 1.165) is 0 Å². The number of hydrogen-bond donors (Lipinski definition) is 0. The Morgan fingerprint density at radius 1 is 0.468 bits per heavy atom. The van der Waals surface area contributed by atoms with Gasteiger partial charge in [-0.2, -0.15) is 0 Å². The summed E-state index contributed by atoms with van der Waals surface area (Å²) >= 11 is 11.9. The third-order valence-electron chi connectivity index (χ3n) is 5.70. The van der Waals surface area contributed by atoms with Crippen LogP contribution < -0.4 is 20.0 Å². The van der Waals surface area contributed by atoms with E-state index in [1.807, 2.05) is 96.7 Å². The van der Waals surface area contributed by atoms with Crippen LogP contribution >= 0.6 is 23.2 Å². The molecule has 0 radical (unpaired) electrons. The molecule has 0 aliphatic rings. The van der Waals surface area contributed by atoms with Crippen molar-refractivity contribution in [3.8, 4) is 11.5 Å². The van der Waals surface area contributed by atoms with Crippen molar-refractivity contribution in [3.63, 3.8) is 0 Å². The maximum absolute atomic E-state index is 11.8. The number of pyridine rings is 4. The molecule has 4 aromatic heterocycles. The molecule has 6 rings (SSSR count). The average molecular weight is 711 g/mol. The molecular weight excluding hydrogens is 675 g/mol. The van der Waals surface area contributed by atoms with Crippen LogP contribution in [0.4, 0.5) is 11.4 Å². The van der Waals surface area contributed by atoms with Crippen LogP contribution in [0, 0.1) is 0 Å². The fourth-order valence-electron chi connectivity index (χ4n) is 3.37. The van der Waals surface area contributed by atoms with E-state index in [9.17, 15) is 10.2 Å². The molecule has 8 nitrogen and oxygen atoms in total. The summed E-state index contributed by atoms with van der Waals surface area (Å²) in [7, 11) is 3.63. The van der Waals surface area contributed by atoms with E-state index in [0.29, 0.717) is 34.5 Å². The van der Waals surface area contributed by atoms with Crippen LogP contribution in [0.2, 0.25) is 10.0 Å². The zero-order valence-corrected chi connectivity index (χ0v) is 28.7. The molecule has 0 unspecified atom stereocenters. The first-order valence-corrected chi connectivity index (χ1v) is 14.9. The number of benzene rings is 2. The second-order valence-corrected chi connectivity index (χ2v) is 10.0. The van der Waals surface area contributed by atoms with Gasteiger partial charge in [0.1, 0.15) is 0 Å². The van der Waals surface area contributed by atoms with Gasteiger partial charge in [0.15, 0.2) is 0 Å². The van der Waals surface area contributed by atoms with Gasteiger partial charge in [-0.1, -0.05) is 71.1 Å². The molecule has 4 heterocycles. The number of halogens is 2.